The van der Waals surface area contributed by atoms with Gasteiger partial charge in [0.15, 0.2) is 0 Å². The molecule has 1 aromatic heterocycles. The fourth-order valence-corrected chi connectivity index (χ4v) is 3.52. The number of amides is 2. The molecular weight excluding hydrogens is 364 g/mol. The molecule has 0 saturated carbocycles. The maximum atomic E-state index is 13.0. The van der Waals surface area contributed by atoms with Crippen molar-refractivity contribution in [3.05, 3.63) is 102 Å². The number of rotatable bonds is 6. The summed E-state index contributed by atoms with van der Waals surface area (Å²) >= 11 is 0. The molecule has 3 N–H and O–H groups in total. The van der Waals surface area contributed by atoms with Gasteiger partial charge in [-0.3, -0.25) is 9.59 Å². The standard InChI is InChI=1S/C24H20N2O3/c25-24(28)23-22(18-13-7-8-14-20(18)29-23)26-21(27)15-19(16-9-3-1-4-10-16)17-11-5-2-6-12-17/h1-14,19H,15H2,(H2,25,28)(H,26,27). The van der Waals surface area contributed by atoms with Gasteiger partial charge < -0.3 is 15.5 Å². The van der Waals surface area contributed by atoms with Crippen LogP contribution in [-0.4, -0.2) is 11.8 Å². The lowest BCUT2D eigenvalue weighted by Crippen LogP contribution is -2.19. The Bertz CT molecular complexity index is 1110. The van der Waals surface area contributed by atoms with Gasteiger partial charge in [-0.15, -0.1) is 0 Å². The van der Waals surface area contributed by atoms with E-state index < -0.39 is 5.91 Å². The lowest BCUT2D eigenvalue weighted by molar-refractivity contribution is -0.116. The molecule has 0 atom stereocenters. The molecule has 5 heteroatoms. The van der Waals surface area contributed by atoms with Crippen LogP contribution in [0.2, 0.25) is 0 Å². The molecule has 3 aromatic carbocycles. The third-order valence-corrected chi connectivity index (χ3v) is 4.88. The van der Waals surface area contributed by atoms with Crippen LogP contribution in [0.25, 0.3) is 11.0 Å². The quantitative estimate of drug-likeness (QED) is 0.506. The third kappa shape index (κ3) is 3.89. The van der Waals surface area contributed by atoms with Gasteiger partial charge in [0.25, 0.3) is 5.91 Å². The van der Waals surface area contributed by atoms with Crippen LogP contribution < -0.4 is 11.1 Å². The fraction of sp³-hybridized carbons (Fsp3) is 0.0833. The van der Waals surface area contributed by atoms with Crippen molar-refractivity contribution in [3.63, 3.8) is 0 Å². The van der Waals surface area contributed by atoms with Gasteiger partial charge in [0.05, 0.1) is 0 Å². The number of nitrogens with one attached hydrogen (secondary N) is 1. The molecule has 0 unspecified atom stereocenters. The Balaban J connectivity index is 1.65. The molecule has 144 valence electrons. The minimum Gasteiger partial charge on any atom is -0.449 e. The van der Waals surface area contributed by atoms with Gasteiger partial charge in [-0.05, 0) is 23.3 Å². The molecule has 4 rings (SSSR count). The molecule has 0 aliphatic rings. The number of para-hydroxylation sites is 1. The molecule has 0 aliphatic heterocycles. The van der Waals surface area contributed by atoms with Gasteiger partial charge in [-0.25, -0.2) is 0 Å². The van der Waals surface area contributed by atoms with Gasteiger partial charge in [0.1, 0.15) is 11.3 Å². The number of primary amides is 1. The van der Waals surface area contributed by atoms with E-state index in [1.807, 2.05) is 66.7 Å². The third-order valence-electron chi connectivity index (χ3n) is 4.88. The Morgan fingerprint density at radius 2 is 1.38 bits per heavy atom. The Morgan fingerprint density at radius 1 is 0.828 bits per heavy atom. The van der Waals surface area contributed by atoms with Crippen LogP contribution in [0.15, 0.2) is 89.3 Å². The first kappa shape index (κ1) is 18.5. The molecule has 2 amide bonds. The van der Waals surface area contributed by atoms with Crippen molar-refractivity contribution in [2.24, 2.45) is 5.73 Å². The predicted molar refractivity (Wildman–Crippen MR) is 113 cm³/mol. The first-order valence-electron chi connectivity index (χ1n) is 9.34. The van der Waals surface area contributed by atoms with Gasteiger partial charge in [0.2, 0.25) is 11.7 Å². The number of hydrogen-bond donors (Lipinski definition) is 2. The van der Waals surface area contributed by atoms with E-state index in [9.17, 15) is 9.59 Å². The van der Waals surface area contributed by atoms with Gasteiger partial charge >= 0.3 is 0 Å². The minimum atomic E-state index is -0.723. The normalized spacial score (nSPS) is 10.9. The van der Waals surface area contributed by atoms with E-state index >= 15 is 0 Å². The van der Waals surface area contributed by atoms with E-state index in [0.717, 1.165) is 11.1 Å². The van der Waals surface area contributed by atoms with Crippen LogP contribution in [0.4, 0.5) is 5.69 Å². The average molecular weight is 384 g/mol. The number of nitrogens with two attached hydrogens (primary N) is 1. The van der Waals surface area contributed by atoms with Crippen LogP contribution in [0.5, 0.6) is 0 Å². The molecule has 0 aliphatic carbocycles. The number of carbonyl (C=O) groups excluding carboxylic acids is 2. The molecule has 0 fully saturated rings. The summed E-state index contributed by atoms with van der Waals surface area (Å²) in [7, 11) is 0. The molecule has 1 heterocycles. The summed E-state index contributed by atoms with van der Waals surface area (Å²) in [4.78, 5) is 24.8. The van der Waals surface area contributed by atoms with Crippen LogP contribution in [-0.2, 0) is 4.79 Å². The molecule has 0 bridgehead atoms. The van der Waals surface area contributed by atoms with Crippen LogP contribution in [0.3, 0.4) is 0 Å². The summed E-state index contributed by atoms with van der Waals surface area (Å²) in [5, 5.41) is 3.50. The summed E-state index contributed by atoms with van der Waals surface area (Å²) < 4.78 is 5.55. The summed E-state index contributed by atoms with van der Waals surface area (Å²) in [6, 6.07) is 26.9. The molecule has 29 heavy (non-hydrogen) atoms. The lowest BCUT2D eigenvalue weighted by atomic mass is 9.88. The second-order valence-corrected chi connectivity index (χ2v) is 6.79. The molecule has 0 saturated heterocycles. The first-order chi connectivity index (χ1) is 14.1. The van der Waals surface area contributed by atoms with Crippen molar-refractivity contribution in [1.82, 2.24) is 0 Å². The molecule has 0 spiro atoms. The Hall–Kier alpha value is -3.86. The van der Waals surface area contributed by atoms with Crippen molar-refractivity contribution in [2.75, 3.05) is 5.32 Å². The monoisotopic (exact) mass is 384 g/mol. The maximum Gasteiger partial charge on any atom is 0.286 e. The first-order valence-corrected chi connectivity index (χ1v) is 9.34. The van der Waals surface area contributed by atoms with Gasteiger partial charge in [0, 0.05) is 17.7 Å². The lowest BCUT2D eigenvalue weighted by Gasteiger charge is -2.18. The van der Waals surface area contributed by atoms with E-state index in [4.69, 9.17) is 10.2 Å². The highest BCUT2D eigenvalue weighted by Crippen LogP contribution is 2.32. The predicted octanol–water partition coefficient (Wildman–Crippen LogP) is 4.69. The van der Waals surface area contributed by atoms with E-state index in [2.05, 4.69) is 5.32 Å². The summed E-state index contributed by atoms with van der Waals surface area (Å²) in [6.07, 6.45) is 0.214. The van der Waals surface area contributed by atoms with E-state index in [0.29, 0.717) is 16.7 Å². The van der Waals surface area contributed by atoms with E-state index in [-0.39, 0.29) is 24.0 Å². The summed E-state index contributed by atoms with van der Waals surface area (Å²) in [5.74, 6) is -1.11. The topological polar surface area (TPSA) is 85.3 Å². The molecule has 0 radical (unpaired) electrons. The number of hydrogen-bond acceptors (Lipinski definition) is 3. The van der Waals surface area contributed by atoms with Crippen LogP contribution >= 0.6 is 0 Å². The zero-order valence-electron chi connectivity index (χ0n) is 15.7. The van der Waals surface area contributed by atoms with Gasteiger partial charge in [-0.2, -0.15) is 0 Å². The van der Waals surface area contributed by atoms with Crippen molar-refractivity contribution < 1.29 is 14.0 Å². The zero-order valence-corrected chi connectivity index (χ0v) is 15.7. The maximum absolute atomic E-state index is 13.0. The van der Waals surface area contributed by atoms with Crippen LogP contribution in [0.1, 0.15) is 34.0 Å². The van der Waals surface area contributed by atoms with Crippen molar-refractivity contribution in [2.45, 2.75) is 12.3 Å². The molecule has 5 nitrogen and oxygen atoms in total. The van der Waals surface area contributed by atoms with Crippen molar-refractivity contribution >= 4 is 28.5 Å². The highest BCUT2D eigenvalue weighted by Gasteiger charge is 2.23. The zero-order chi connectivity index (χ0) is 20.2. The summed E-state index contributed by atoms with van der Waals surface area (Å²) in [5.41, 5.74) is 8.36. The van der Waals surface area contributed by atoms with Crippen molar-refractivity contribution in [3.8, 4) is 0 Å². The smallest absolute Gasteiger partial charge is 0.286 e. The Kier molecular flexibility index (Phi) is 5.12. The minimum absolute atomic E-state index is 0.0458. The average Bonchev–Trinajstić information content (AvgIpc) is 3.12. The fourth-order valence-electron chi connectivity index (χ4n) is 3.52. The highest BCUT2D eigenvalue weighted by atomic mass is 16.3. The number of anilines is 1. The highest BCUT2D eigenvalue weighted by molar-refractivity contribution is 6.10. The summed E-state index contributed by atoms with van der Waals surface area (Å²) in [6.45, 7) is 0. The largest absolute Gasteiger partial charge is 0.449 e. The second kappa shape index (κ2) is 8.02. The Morgan fingerprint density at radius 3 is 1.97 bits per heavy atom. The SMILES string of the molecule is NC(=O)c1oc2ccccc2c1NC(=O)CC(c1ccccc1)c1ccccc1. The second-order valence-electron chi connectivity index (χ2n) is 6.79. The van der Waals surface area contributed by atoms with E-state index in [1.54, 1.807) is 18.2 Å². The Labute approximate surface area is 168 Å². The number of furan rings is 1. The number of carbonyl (C=O) groups is 2. The van der Waals surface area contributed by atoms with Crippen molar-refractivity contribution in [1.29, 1.82) is 0 Å². The molecular formula is C24H20N2O3. The number of fused-ring (bicyclic) bond motifs is 1. The molecule has 4 aromatic rings. The van der Waals surface area contributed by atoms with Gasteiger partial charge in [-0.1, -0.05) is 72.8 Å². The van der Waals surface area contributed by atoms with Crippen LogP contribution in [0, 0.1) is 0 Å². The van der Waals surface area contributed by atoms with E-state index in [1.165, 1.54) is 0 Å². The number of benzene rings is 3.